The molecule has 2 heterocycles. The zero-order valence-electron chi connectivity index (χ0n) is 15.4. The molecule has 1 aliphatic rings. The summed E-state index contributed by atoms with van der Waals surface area (Å²) in [5.74, 6) is -0.357. The Labute approximate surface area is 168 Å². The summed E-state index contributed by atoms with van der Waals surface area (Å²) in [5.41, 5.74) is 2.96. The Morgan fingerprint density at radius 3 is 2.75 bits per heavy atom. The molecule has 0 unspecified atom stereocenters. The Kier molecular flexibility index (Phi) is 6.00. The molecule has 0 amide bonds. The van der Waals surface area contributed by atoms with Gasteiger partial charge in [-0.05, 0) is 25.0 Å². The third kappa shape index (κ3) is 4.41. The number of halogens is 2. The molecule has 1 aliphatic heterocycles. The number of hydrogen-bond donors (Lipinski definition) is 1. The fraction of sp³-hybridized carbons (Fsp3) is 0.333. The standard InChI is InChI=1S/C21H22ClFN4O/c22-18-9-4-10-19(23)17(18)14-27-25-20(13-24-12-16-8-5-11-28-16)21(26-27)15-6-2-1-3-7-15/h1-4,6-7,9-10,16,24H,5,8,11-14H2/t16-/m1/s1. The highest BCUT2D eigenvalue weighted by Gasteiger charge is 2.18. The maximum absolute atomic E-state index is 14.2. The molecule has 1 fully saturated rings. The number of nitrogens with zero attached hydrogens (tertiary/aromatic N) is 3. The first-order valence-electron chi connectivity index (χ1n) is 9.45. The second kappa shape index (κ2) is 8.82. The van der Waals surface area contributed by atoms with E-state index in [-0.39, 0.29) is 18.5 Å². The number of nitrogens with one attached hydrogen (secondary N) is 1. The molecule has 3 aromatic rings. The summed E-state index contributed by atoms with van der Waals surface area (Å²) in [7, 11) is 0. The topological polar surface area (TPSA) is 52.0 Å². The second-order valence-electron chi connectivity index (χ2n) is 6.86. The molecule has 1 aromatic heterocycles. The van der Waals surface area contributed by atoms with Crippen molar-refractivity contribution in [3.8, 4) is 11.3 Å². The van der Waals surface area contributed by atoms with Crippen molar-refractivity contribution in [2.45, 2.75) is 32.0 Å². The molecule has 0 spiro atoms. The average molecular weight is 401 g/mol. The van der Waals surface area contributed by atoms with Gasteiger partial charge in [0.05, 0.1) is 12.6 Å². The SMILES string of the molecule is Fc1cccc(Cl)c1Cn1nc(CNC[C@H]2CCCO2)c(-c2ccccc2)n1. The van der Waals surface area contributed by atoms with Crippen molar-refractivity contribution in [1.29, 1.82) is 0 Å². The van der Waals surface area contributed by atoms with Crippen LogP contribution >= 0.6 is 11.6 Å². The number of rotatable bonds is 7. The predicted molar refractivity (Wildman–Crippen MR) is 107 cm³/mol. The van der Waals surface area contributed by atoms with E-state index in [0.717, 1.165) is 42.9 Å². The first kappa shape index (κ1) is 19.1. The van der Waals surface area contributed by atoms with Crippen LogP contribution in [0.4, 0.5) is 4.39 Å². The fourth-order valence-electron chi connectivity index (χ4n) is 3.37. The lowest BCUT2D eigenvalue weighted by molar-refractivity contribution is 0.110. The van der Waals surface area contributed by atoms with Gasteiger partial charge in [-0.3, -0.25) is 0 Å². The fourth-order valence-corrected chi connectivity index (χ4v) is 3.60. The highest BCUT2D eigenvalue weighted by molar-refractivity contribution is 6.31. The summed E-state index contributed by atoms with van der Waals surface area (Å²) in [6.45, 7) is 2.35. The Morgan fingerprint density at radius 1 is 1.14 bits per heavy atom. The van der Waals surface area contributed by atoms with E-state index >= 15 is 0 Å². The molecule has 1 saturated heterocycles. The van der Waals surface area contributed by atoms with Crippen molar-refractivity contribution in [3.05, 3.63) is 70.6 Å². The summed E-state index contributed by atoms with van der Waals surface area (Å²) in [6.07, 6.45) is 2.45. The zero-order chi connectivity index (χ0) is 19.3. The molecular weight excluding hydrogens is 379 g/mol. The monoisotopic (exact) mass is 400 g/mol. The lowest BCUT2D eigenvalue weighted by Crippen LogP contribution is -2.26. The molecule has 4 rings (SSSR count). The van der Waals surface area contributed by atoms with Crippen molar-refractivity contribution < 1.29 is 9.13 Å². The van der Waals surface area contributed by atoms with Crippen LogP contribution in [0.1, 0.15) is 24.1 Å². The van der Waals surface area contributed by atoms with E-state index in [0.29, 0.717) is 17.1 Å². The highest BCUT2D eigenvalue weighted by Crippen LogP contribution is 2.23. The summed E-state index contributed by atoms with van der Waals surface area (Å²) in [5, 5.41) is 13.0. The van der Waals surface area contributed by atoms with Gasteiger partial charge in [-0.1, -0.05) is 48.0 Å². The van der Waals surface area contributed by atoms with E-state index in [4.69, 9.17) is 16.3 Å². The number of benzene rings is 2. The molecule has 7 heteroatoms. The first-order valence-corrected chi connectivity index (χ1v) is 9.83. The van der Waals surface area contributed by atoms with E-state index in [9.17, 15) is 4.39 Å². The normalized spacial score (nSPS) is 16.6. The lowest BCUT2D eigenvalue weighted by Gasteiger charge is -2.10. The van der Waals surface area contributed by atoms with Gasteiger partial charge in [-0.2, -0.15) is 15.0 Å². The van der Waals surface area contributed by atoms with Gasteiger partial charge in [0.15, 0.2) is 0 Å². The molecule has 0 radical (unpaired) electrons. The molecule has 146 valence electrons. The van der Waals surface area contributed by atoms with Crippen LogP contribution in [0.2, 0.25) is 5.02 Å². The predicted octanol–water partition coefficient (Wildman–Crippen LogP) is 4.05. The van der Waals surface area contributed by atoms with Crippen LogP contribution in [-0.2, 0) is 17.8 Å². The van der Waals surface area contributed by atoms with Crippen LogP contribution in [0.25, 0.3) is 11.3 Å². The molecule has 1 N–H and O–H groups in total. The van der Waals surface area contributed by atoms with Gasteiger partial charge in [0.25, 0.3) is 0 Å². The summed E-state index contributed by atoms with van der Waals surface area (Å²) in [4.78, 5) is 1.51. The van der Waals surface area contributed by atoms with Crippen LogP contribution < -0.4 is 5.32 Å². The summed E-state index contributed by atoms with van der Waals surface area (Å²) < 4.78 is 19.8. The van der Waals surface area contributed by atoms with Crippen molar-refractivity contribution in [1.82, 2.24) is 20.3 Å². The van der Waals surface area contributed by atoms with Crippen LogP contribution in [0.5, 0.6) is 0 Å². The Hall–Kier alpha value is -2.28. The number of hydrogen-bond acceptors (Lipinski definition) is 4. The van der Waals surface area contributed by atoms with E-state index in [1.165, 1.54) is 10.9 Å². The minimum absolute atomic E-state index is 0.178. The minimum Gasteiger partial charge on any atom is -0.377 e. The molecule has 2 aromatic carbocycles. The summed E-state index contributed by atoms with van der Waals surface area (Å²) >= 11 is 6.16. The smallest absolute Gasteiger partial charge is 0.129 e. The van der Waals surface area contributed by atoms with Crippen molar-refractivity contribution in [2.75, 3.05) is 13.2 Å². The average Bonchev–Trinajstić information content (AvgIpc) is 3.36. The maximum Gasteiger partial charge on any atom is 0.129 e. The Balaban J connectivity index is 1.56. The van der Waals surface area contributed by atoms with Crippen LogP contribution in [0.15, 0.2) is 48.5 Å². The Morgan fingerprint density at radius 2 is 2.00 bits per heavy atom. The van der Waals surface area contributed by atoms with Gasteiger partial charge in [-0.15, -0.1) is 0 Å². The lowest BCUT2D eigenvalue weighted by atomic mass is 10.1. The molecule has 0 saturated carbocycles. The van der Waals surface area contributed by atoms with Gasteiger partial charge >= 0.3 is 0 Å². The minimum atomic E-state index is -0.357. The molecule has 0 aliphatic carbocycles. The van der Waals surface area contributed by atoms with Crippen LogP contribution in [-0.4, -0.2) is 34.2 Å². The van der Waals surface area contributed by atoms with Gasteiger partial charge in [-0.25, -0.2) is 4.39 Å². The molecule has 28 heavy (non-hydrogen) atoms. The molecule has 0 bridgehead atoms. The molecular formula is C21H22ClFN4O. The Bertz CT molecular complexity index is 905. The molecule has 5 nitrogen and oxygen atoms in total. The van der Waals surface area contributed by atoms with Crippen LogP contribution in [0.3, 0.4) is 0 Å². The number of ether oxygens (including phenoxy) is 1. The van der Waals surface area contributed by atoms with E-state index < -0.39 is 0 Å². The van der Waals surface area contributed by atoms with Gasteiger partial charge in [0.1, 0.15) is 17.2 Å². The van der Waals surface area contributed by atoms with Gasteiger partial charge < -0.3 is 10.1 Å². The van der Waals surface area contributed by atoms with Crippen molar-refractivity contribution >= 4 is 11.6 Å². The quantitative estimate of drug-likeness (QED) is 0.650. The van der Waals surface area contributed by atoms with E-state index in [1.54, 1.807) is 12.1 Å². The third-order valence-electron chi connectivity index (χ3n) is 4.82. The highest BCUT2D eigenvalue weighted by atomic mass is 35.5. The maximum atomic E-state index is 14.2. The van der Waals surface area contributed by atoms with Crippen LogP contribution in [0, 0.1) is 5.82 Å². The van der Waals surface area contributed by atoms with Gasteiger partial charge in [0, 0.05) is 35.8 Å². The zero-order valence-corrected chi connectivity index (χ0v) is 16.2. The third-order valence-corrected chi connectivity index (χ3v) is 5.18. The number of aromatic nitrogens is 3. The van der Waals surface area contributed by atoms with E-state index in [2.05, 4.69) is 15.5 Å². The van der Waals surface area contributed by atoms with Crippen molar-refractivity contribution in [3.63, 3.8) is 0 Å². The van der Waals surface area contributed by atoms with Gasteiger partial charge in [0.2, 0.25) is 0 Å². The first-order chi connectivity index (χ1) is 13.7. The molecule has 1 atom stereocenters. The van der Waals surface area contributed by atoms with E-state index in [1.807, 2.05) is 30.3 Å². The largest absolute Gasteiger partial charge is 0.377 e. The summed E-state index contributed by atoms with van der Waals surface area (Å²) in [6, 6.07) is 14.5. The van der Waals surface area contributed by atoms with Crippen molar-refractivity contribution in [2.24, 2.45) is 0 Å². The second-order valence-corrected chi connectivity index (χ2v) is 7.27.